The van der Waals surface area contributed by atoms with Crippen LogP contribution in [-0.2, 0) is 14.6 Å². The molecule has 7 heteroatoms. The lowest BCUT2D eigenvalue weighted by Gasteiger charge is -2.48. The van der Waals surface area contributed by atoms with E-state index in [1.165, 1.54) is 0 Å². The highest BCUT2D eigenvalue weighted by atomic mass is 32.2. The Morgan fingerprint density at radius 2 is 1.93 bits per heavy atom. The van der Waals surface area contributed by atoms with Crippen molar-refractivity contribution in [1.82, 2.24) is 5.32 Å². The van der Waals surface area contributed by atoms with Gasteiger partial charge in [0.05, 0.1) is 17.1 Å². The molecule has 1 unspecified atom stereocenters. The van der Waals surface area contributed by atoms with Gasteiger partial charge in [-0.2, -0.15) is 0 Å². The van der Waals surface area contributed by atoms with Gasteiger partial charge in [-0.25, -0.2) is 8.42 Å². The van der Waals surface area contributed by atoms with Crippen molar-refractivity contribution in [3.05, 3.63) is 0 Å². The highest BCUT2D eigenvalue weighted by molar-refractivity contribution is 7.91. The van der Waals surface area contributed by atoms with Gasteiger partial charge in [0.1, 0.15) is 5.41 Å². The summed E-state index contributed by atoms with van der Waals surface area (Å²) in [6, 6.07) is 0. The van der Waals surface area contributed by atoms with E-state index in [1.54, 1.807) is 0 Å². The predicted octanol–water partition coefficient (Wildman–Crippen LogP) is -1.79. The van der Waals surface area contributed by atoms with E-state index in [0.29, 0.717) is 0 Å². The van der Waals surface area contributed by atoms with Crippen molar-refractivity contribution < 1.29 is 23.4 Å². The molecular weight excluding hydrogens is 222 g/mol. The van der Waals surface area contributed by atoms with Crippen LogP contribution < -0.4 is 5.32 Å². The smallest absolute Gasteiger partial charge is 0.315 e. The molecule has 15 heavy (non-hydrogen) atoms. The average molecular weight is 235 g/mol. The number of carboxylic acids is 1. The fourth-order valence-corrected chi connectivity index (χ4v) is 4.21. The molecule has 0 saturated carbocycles. The van der Waals surface area contributed by atoms with Crippen LogP contribution in [-0.4, -0.2) is 54.8 Å². The van der Waals surface area contributed by atoms with Crippen molar-refractivity contribution in [1.29, 1.82) is 0 Å². The van der Waals surface area contributed by atoms with E-state index in [4.69, 9.17) is 5.11 Å². The predicted molar refractivity (Wildman–Crippen MR) is 51.2 cm³/mol. The number of sulfone groups is 1. The zero-order valence-corrected chi connectivity index (χ0v) is 8.88. The van der Waals surface area contributed by atoms with Gasteiger partial charge >= 0.3 is 5.97 Å². The number of carbonyl (C=O) groups is 1. The van der Waals surface area contributed by atoms with Crippen LogP contribution in [0.25, 0.3) is 0 Å². The molecule has 1 atom stereocenters. The molecule has 0 aromatic carbocycles. The van der Waals surface area contributed by atoms with Gasteiger partial charge in [-0.1, -0.05) is 0 Å². The summed E-state index contributed by atoms with van der Waals surface area (Å²) in [7, 11) is -3.29. The molecule has 0 amide bonds. The molecule has 6 nitrogen and oxygen atoms in total. The van der Waals surface area contributed by atoms with E-state index in [1.807, 2.05) is 0 Å². The van der Waals surface area contributed by atoms with Crippen molar-refractivity contribution in [2.75, 3.05) is 24.6 Å². The van der Waals surface area contributed by atoms with Crippen LogP contribution in [0.5, 0.6) is 0 Å². The largest absolute Gasteiger partial charge is 0.481 e. The Kier molecular flexibility index (Phi) is 2.12. The summed E-state index contributed by atoms with van der Waals surface area (Å²) in [5.41, 5.74) is -2.93. The summed E-state index contributed by atoms with van der Waals surface area (Å²) in [4.78, 5) is 11.1. The average Bonchev–Trinajstić information content (AvgIpc) is 2.22. The van der Waals surface area contributed by atoms with Crippen LogP contribution in [0.3, 0.4) is 0 Å². The van der Waals surface area contributed by atoms with E-state index < -0.39 is 32.6 Å². The minimum atomic E-state index is -3.29. The molecular formula is C8H13NO5S. The summed E-state index contributed by atoms with van der Waals surface area (Å²) in [5.74, 6) is -1.69. The number of hydrogen-bond donors (Lipinski definition) is 3. The van der Waals surface area contributed by atoms with Crippen LogP contribution in [0.2, 0.25) is 0 Å². The molecule has 0 spiro atoms. The molecule has 2 heterocycles. The fraction of sp³-hybridized carbons (Fsp3) is 0.875. The van der Waals surface area contributed by atoms with Crippen molar-refractivity contribution in [2.45, 2.75) is 12.0 Å². The normalized spacial score (nSPS) is 37.1. The highest BCUT2D eigenvalue weighted by Crippen LogP contribution is 2.43. The topological polar surface area (TPSA) is 104 Å². The van der Waals surface area contributed by atoms with Gasteiger partial charge in [-0.05, 0) is 6.42 Å². The molecule has 86 valence electrons. The summed E-state index contributed by atoms with van der Waals surface area (Å²) in [6.45, 7) is 0.267. The summed E-state index contributed by atoms with van der Waals surface area (Å²) < 4.78 is 22.6. The van der Waals surface area contributed by atoms with Crippen LogP contribution in [0.4, 0.5) is 0 Å². The van der Waals surface area contributed by atoms with E-state index >= 15 is 0 Å². The summed E-state index contributed by atoms with van der Waals surface area (Å²) in [6.07, 6.45) is 0.0172. The monoisotopic (exact) mass is 235 g/mol. The highest BCUT2D eigenvalue weighted by Gasteiger charge is 2.63. The first-order chi connectivity index (χ1) is 6.81. The third-order valence-corrected chi connectivity index (χ3v) is 5.18. The van der Waals surface area contributed by atoms with E-state index in [0.717, 1.165) is 0 Å². The molecule has 0 aromatic rings. The molecule has 3 N–H and O–H groups in total. The Morgan fingerprint density at radius 3 is 2.20 bits per heavy atom. The van der Waals surface area contributed by atoms with Gasteiger partial charge < -0.3 is 15.5 Å². The van der Waals surface area contributed by atoms with E-state index in [9.17, 15) is 18.3 Å². The third-order valence-electron chi connectivity index (χ3n) is 3.44. The Hall–Kier alpha value is -0.660. The molecule has 2 aliphatic heterocycles. The first-order valence-electron chi connectivity index (χ1n) is 4.68. The van der Waals surface area contributed by atoms with E-state index in [2.05, 4.69) is 5.32 Å². The van der Waals surface area contributed by atoms with Crippen LogP contribution in [0, 0.1) is 5.41 Å². The molecule has 0 aliphatic carbocycles. The van der Waals surface area contributed by atoms with Gasteiger partial charge in [-0.3, -0.25) is 4.79 Å². The van der Waals surface area contributed by atoms with Crippen molar-refractivity contribution in [3.8, 4) is 0 Å². The lowest BCUT2D eigenvalue weighted by Crippen LogP contribution is -2.70. The van der Waals surface area contributed by atoms with Crippen molar-refractivity contribution in [2.24, 2.45) is 5.41 Å². The number of aliphatic carboxylic acids is 1. The summed E-state index contributed by atoms with van der Waals surface area (Å²) >= 11 is 0. The van der Waals surface area contributed by atoms with Crippen molar-refractivity contribution in [3.63, 3.8) is 0 Å². The zero-order valence-electron chi connectivity index (χ0n) is 8.06. The second-order valence-corrected chi connectivity index (χ2v) is 6.55. The van der Waals surface area contributed by atoms with Gasteiger partial charge in [0.25, 0.3) is 0 Å². The molecule has 2 rings (SSSR count). The number of hydrogen-bond acceptors (Lipinski definition) is 5. The number of aliphatic hydroxyl groups is 1. The maximum atomic E-state index is 11.3. The molecule has 0 aromatic heterocycles. The number of rotatable bonds is 2. The Bertz CT molecular complexity index is 399. The Labute approximate surface area is 87.2 Å². The quantitative estimate of drug-likeness (QED) is 0.522. The van der Waals surface area contributed by atoms with Gasteiger partial charge in [-0.15, -0.1) is 0 Å². The lowest BCUT2D eigenvalue weighted by molar-refractivity contribution is -0.174. The van der Waals surface area contributed by atoms with Gasteiger partial charge in [0.15, 0.2) is 9.84 Å². The second-order valence-electron chi connectivity index (χ2n) is 4.36. The van der Waals surface area contributed by atoms with Crippen LogP contribution >= 0.6 is 0 Å². The maximum absolute atomic E-state index is 11.3. The summed E-state index contributed by atoms with van der Waals surface area (Å²) in [5, 5.41) is 22.0. The van der Waals surface area contributed by atoms with Crippen LogP contribution in [0.15, 0.2) is 0 Å². The first-order valence-corrected chi connectivity index (χ1v) is 6.50. The zero-order chi connectivity index (χ0) is 11.3. The third kappa shape index (κ3) is 1.37. The number of carboxylic acid groups (broad SMARTS) is 1. The molecule has 0 radical (unpaired) electrons. The molecule has 2 fully saturated rings. The van der Waals surface area contributed by atoms with Gasteiger partial charge in [0, 0.05) is 13.1 Å². The van der Waals surface area contributed by atoms with Gasteiger partial charge in [0.2, 0.25) is 0 Å². The minimum absolute atomic E-state index is 0.0172. The maximum Gasteiger partial charge on any atom is 0.315 e. The molecule has 2 saturated heterocycles. The van der Waals surface area contributed by atoms with E-state index in [-0.39, 0.29) is 25.3 Å². The SMILES string of the molecule is O=C(O)C1(C2(O)CCS(=O)(=O)C2)CNC1. The van der Waals surface area contributed by atoms with Crippen LogP contribution in [0.1, 0.15) is 6.42 Å². The second kappa shape index (κ2) is 2.93. The Balaban J connectivity index is 2.34. The lowest BCUT2D eigenvalue weighted by atomic mass is 9.67. The Morgan fingerprint density at radius 1 is 1.33 bits per heavy atom. The fourth-order valence-electron chi connectivity index (χ4n) is 2.26. The minimum Gasteiger partial charge on any atom is -0.481 e. The molecule has 0 bridgehead atoms. The molecule has 2 aliphatic rings. The standard InChI is InChI=1S/C8H13NO5S/c10-6(11)7(3-9-4-7)8(12)1-2-15(13,14)5-8/h9,12H,1-5H2,(H,10,11). The van der Waals surface area contributed by atoms with Crippen molar-refractivity contribution >= 4 is 15.8 Å². The first kappa shape index (κ1) is 10.8. The number of nitrogens with one attached hydrogen (secondary N) is 1.